The van der Waals surface area contributed by atoms with Crippen molar-refractivity contribution in [2.45, 2.75) is 13.0 Å². The van der Waals surface area contributed by atoms with Crippen LogP contribution in [0.4, 0.5) is 4.39 Å². The molecule has 2 aromatic rings. The molecule has 0 saturated carbocycles. The van der Waals surface area contributed by atoms with Crippen molar-refractivity contribution in [3.05, 3.63) is 35.8 Å². The van der Waals surface area contributed by atoms with Crippen LogP contribution < -0.4 is 0 Å². The number of amides is 1. The quantitative estimate of drug-likeness (QED) is 0.872. The van der Waals surface area contributed by atoms with Gasteiger partial charge in [0.2, 0.25) is 0 Å². The lowest BCUT2D eigenvalue weighted by Crippen LogP contribution is -2.37. The highest BCUT2D eigenvalue weighted by molar-refractivity contribution is 6.06. The lowest BCUT2D eigenvalue weighted by atomic mass is 10.1. The van der Waals surface area contributed by atoms with Gasteiger partial charge in [0.1, 0.15) is 5.82 Å². The minimum Gasteiger partial charge on any atom is -0.394 e. The summed E-state index contributed by atoms with van der Waals surface area (Å²) in [7, 11) is 1.63. The predicted molar refractivity (Wildman–Crippen MR) is 66.9 cm³/mol. The number of carbonyl (C=O) groups is 1. The standard InChI is InChI=1S/C13H15FN2O2/c1-8(7-17)16(2)13(18)11-6-15-12-5-9(14)3-4-10(11)12/h3-6,8,15,17H,7H2,1-2H3. The highest BCUT2D eigenvalue weighted by atomic mass is 19.1. The summed E-state index contributed by atoms with van der Waals surface area (Å²) >= 11 is 0. The van der Waals surface area contributed by atoms with Crippen molar-refractivity contribution in [2.75, 3.05) is 13.7 Å². The molecule has 1 atom stereocenters. The lowest BCUT2D eigenvalue weighted by Gasteiger charge is -2.22. The highest BCUT2D eigenvalue weighted by Gasteiger charge is 2.19. The number of carbonyl (C=O) groups excluding carboxylic acids is 1. The Balaban J connectivity index is 2.39. The number of fused-ring (bicyclic) bond motifs is 1. The summed E-state index contributed by atoms with van der Waals surface area (Å²) in [6, 6.07) is 3.98. The lowest BCUT2D eigenvalue weighted by molar-refractivity contribution is 0.0684. The maximum Gasteiger partial charge on any atom is 0.256 e. The smallest absolute Gasteiger partial charge is 0.256 e. The second-order valence-electron chi connectivity index (χ2n) is 4.34. The molecule has 1 amide bonds. The van der Waals surface area contributed by atoms with Crippen molar-refractivity contribution in [2.24, 2.45) is 0 Å². The average Bonchev–Trinajstić information content (AvgIpc) is 2.78. The van der Waals surface area contributed by atoms with Gasteiger partial charge in [0.25, 0.3) is 5.91 Å². The van der Waals surface area contributed by atoms with E-state index in [4.69, 9.17) is 5.11 Å². The second kappa shape index (κ2) is 4.78. The van der Waals surface area contributed by atoms with Crippen molar-refractivity contribution in [3.63, 3.8) is 0 Å². The van der Waals surface area contributed by atoms with Crippen LogP contribution in [-0.2, 0) is 0 Å². The number of aliphatic hydroxyl groups is 1. The first-order valence-corrected chi connectivity index (χ1v) is 5.69. The molecular formula is C13H15FN2O2. The Bertz CT molecular complexity index is 579. The molecule has 1 aromatic heterocycles. The maximum atomic E-state index is 13.0. The summed E-state index contributed by atoms with van der Waals surface area (Å²) in [5.74, 6) is -0.546. The van der Waals surface area contributed by atoms with Gasteiger partial charge in [-0.1, -0.05) is 0 Å². The zero-order chi connectivity index (χ0) is 13.3. The molecule has 18 heavy (non-hydrogen) atoms. The van der Waals surface area contributed by atoms with Crippen molar-refractivity contribution >= 4 is 16.8 Å². The zero-order valence-electron chi connectivity index (χ0n) is 10.3. The number of aliphatic hydroxyl groups excluding tert-OH is 1. The second-order valence-corrected chi connectivity index (χ2v) is 4.34. The van der Waals surface area contributed by atoms with E-state index in [1.165, 1.54) is 17.0 Å². The van der Waals surface area contributed by atoms with Crippen LogP contribution in [0.5, 0.6) is 0 Å². The number of benzene rings is 1. The minimum atomic E-state index is -0.347. The summed E-state index contributed by atoms with van der Waals surface area (Å²) in [6.45, 7) is 1.66. The molecule has 0 aliphatic carbocycles. The molecule has 2 N–H and O–H groups in total. The van der Waals surface area contributed by atoms with E-state index >= 15 is 0 Å². The number of halogens is 1. The Kier molecular flexibility index (Phi) is 3.34. The summed E-state index contributed by atoms with van der Waals surface area (Å²) in [6.07, 6.45) is 1.56. The Morgan fingerprint density at radius 1 is 1.56 bits per heavy atom. The highest BCUT2D eigenvalue weighted by Crippen LogP contribution is 2.20. The fraction of sp³-hybridized carbons (Fsp3) is 0.308. The van der Waals surface area contributed by atoms with Crippen LogP contribution in [0, 0.1) is 5.82 Å². The van der Waals surface area contributed by atoms with E-state index in [2.05, 4.69) is 4.98 Å². The average molecular weight is 250 g/mol. The predicted octanol–water partition coefficient (Wildman–Crippen LogP) is 1.76. The maximum absolute atomic E-state index is 13.0. The molecule has 0 saturated heterocycles. The van der Waals surface area contributed by atoms with E-state index < -0.39 is 0 Å². The molecule has 1 aromatic carbocycles. The molecule has 5 heteroatoms. The van der Waals surface area contributed by atoms with Gasteiger partial charge in [0, 0.05) is 24.1 Å². The van der Waals surface area contributed by atoms with E-state index in [-0.39, 0.29) is 24.4 Å². The fourth-order valence-corrected chi connectivity index (χ4v) is 1.79. The van der Waals surface area contributed by atoms with Crippen molar-refractivity contribution in [1.29, 1.82) is 0 Å². The molecule has 96 valence electrons. The first-order valence-electron chi connectivity index (χ1n) is 5.69. The number of likely N-dealkylation sites (N-methyl/N-ethyl adjacent to an activating group) is 1. The molecule has 0 aliphatic rings. The van der Waals surface area contributed by atoms with Gasteiger partial charge in [-0.2, -0.15) is 0 Å². The third-order valence-corrected chi connectivity index (χ3v) is 3.12. The van der Waals surface area contributed by atoms with Gasteiger partial charge in [-0.25, -0.2) is 4.39 Å². The number of nitrogens with one attached hydrogen (secondary N) is 1. The Morgan fingerprint density at radius 2 is 2.28 bits per heavy atom. The summed E-state index contributed by atoms with van der Waals surface area (Å²) in [5.41, 5.74) is 1.07. The first-order chi connectivity index (χ1) is 8.54. The largest absolute Gasteiger partial charge is 0.394 e. The van der Waals surface area contributed by atoms with Gasteiger partial charge < -0.3 is 15.0 Å². The summed E-state index contributed by atoms with van der Waals surface area (Å²) in [4.78, 5) is 16.5. The fourth-order valence-electron chi connectivity index (χ4n) is 1.79. The van der Waals surface area contributed by atoms with E-state index in [1.807, 2.05) is 0 Å². The van der Waals surface area contributed by atoms with Crippen LogP contribution in [0.3, 0.4) is 0 Å². The number of aromatic amines is 1. The molecule has 1 heterocycles. The van der Waals surface area contributed by atoms with Crippen molar-refractivity contribution in [1.82, 2.24) is 9.88 Å². The molecule has 4 nitrogen and oxygen atoms in total. The molecule has 0 spiro atoms. The van der Waals surface area contributed by atoms with Crippen LogP contribution in [0.15, 0.2) is 24.4 Å². The van der Waals surface area contributed by atoms with Crippen LogP contribution in [0.2, 0.25) is 0 Å². The van der Waals surface area contributed by atoms with E-state index in [1.54, 1.807) is 26.2 Å². The Hall–Kier alpha value is -1.88. The molecule has 0 fully saturated rings. The van der Waals surface area contributed by atoms with Gasteiger partial charge in [0.15, 0.2) is 0 Å². The van der Waals surface area contributed by atoms with Gasteiger partial charge in [0.05, 0.1) is 18.2 Å². The Morgan fingerprint density at radius 3 is 2.94 bits per heavy atom. The normalized spacial score (nSPS) is 12.7. The summed E-state index contributed by atoms with van der Waals surface area (Å²) < 4.78 is 13.0. The summed E-state index contributed by atoms with van der Waals surface area (Å²) in [5, 5.41) is 9.73. The van der Waals surface area contributed by atoms with Gasteiger partial charge >= 0.3 is 0 Å². The molecule has 0 bridgehead atoms. The topological polar surface area (TPSA) is 56.3 Å². The number of aromatic nitrogens is 1. The number of hydrogen-bond acceptors (Lipinski definition) is 2. The van der Waals surface area contributed by atoms with Gasteiger partial charge in [-0.3, -0.25) is 4.79 Å². The Labute approximate surface area is 104 Å². The SMILES string of the molecule is CC(CO)N(C)C(=O)c1c[nH]c2cc(F)ccc12. The monoisotopic (exact) mass is 250 g/mol. The van der Waals surface area contributed by atoms with Gasteiger partial charge in [-0.15, -0.1) is 0 Å². The number of nitrogens with zero attached hydrogens (tertiary/aromatic N) is 1. The van der Waals surface area contributed by atoms with Crippen LogP contribution in [-0.4, -0.2) is 40.6 Å². The van der Waals surface area contributed by atoms with Crippen LogP contribution >= 0.6 is 0 Å². The third-order valence-electron chi connectivity index (χ3n) is 3.12. The third kappa shape index (κ3) is 2.09. The van der Waals surface area contributed by atoms with Gasteiger partial charge in [-0.05, 0) is 25.1 Å². The zero-order valence-corrected chi connectivity index (χ0v) is 10.3. The van der Waals surface area contributed by atoms with Crippen molar-refractivity contribution < 1.29 is 14.3 Å². The number of rotatable bonds is 3. The number of hydrogen-bond donors (Lipinski definition) is 2. The van der Waals surface area contributed by atoms with Crippen LogP contribution in [0.25, 0.3) is 10.9 Å². The minimum absolute atomic E-state index is 0.0980. The van der Waals surface area contributed by atoms with E-state index in [0.29, 0.717) is 16.5 Å². The molecule has 1 unspecified atom stereocenters. The van der Waals surface area contributed by atoms with Crippen LogP contribution in [0.1, 0.15) is 17.3 Å². The molecule has 2 rings (SSSR count). The molecule has 0 radical (unpaired) electrons. The number of H-pyrrole nitrogens is 1. The van der Waals surface area contributed by atoms with E-state index in [9.17, 15) is 9.18 Å². The molecule has 0 aliphatic heterocycles. The molecular weight excluding hydrogens is 235 g/mol. The van der Waals surface area contributed by atoms with E-state index in [0.717, 1.165) is 0 Å². The first kappa shape index (κ1) is 12.6. The van der Waals surface area contributed by atoms with Crippen molar-refractivity contribution in [3.8, 4) is 0 Å².